The molecule has 2 aliphatic heterocycles. The molecule has 8 nitrogen and oxygen atoms in total. The molecule has 0 saturated carbocycles. The number of carbonyl (C=O) groups excluding carboxylic acids is 2. The van der Waals surface area contributed by atoms with Gasteiger partial charge in [-0.25, -0.2) is 4.21 Å². The third-order valence-electron chi connectivity index (χ3n) is 6.00. The highest BCUT2D eigenvalue weighted by Gasteiger charge is 2.42. The van der Waals surface area contributed by atoms with Crippen LogP contribution in [-0.4, -0.2) is 55.6 Å². The average molecular weight is 439 g/mol. The van der Waals surface area contributed by atoms with Crippen molar-refractivity contribution in [3.63, 3.8) is 0 Å². The zero-order chi connectivity index (χ0) is 21.9. The van der Waals surface area contributed by atoms with Gasteiger partial charge in [0, 0.05) is 42.8 Å². The summed E-state index contributed by atoms with van der Waals surface area (Å²) in [6.45, 7) is 8.37. The highest BCUT2D eigenvalue weighted by Crippen LogP contribution is 2.36. The van der Waals surface area contributed by atoms with E-state index in [1.54, 1.807) is 10.9 Å². The molecule has 1 aromatic heterocycles. The van der Waals surface area contributed by atoms with E-state index in [0.29, 0.717) is 55.8 Å². The van der Waals surface area contributed by atoms with Crippen molar-refractivity contribution in [1.29, 1.82) is 0 Å². The summed E-state index contributed by atoms with van der Waals surface area (Å²) in [5.41, 5.74) is 0.931. The Hall–Kier alpha value is -1.74. The van der Waals surface area contributed by atoms with Gasteiger partial charge < -0.3 is 10.1 Å². The number of amides is 2. The van der Waals surface area contributed by atoms with E-state index < -0.39 is 15.3 Å². The minimum Gasteiger partial charge on any atom is -0.375 e. The summed E-state index contributed by atoms with van der Waals surface area (Å²) in [7, 11) is -2.48. The van der Waals surface area contributed by atoms with Gasteiger partial charge in [-0.15, -0.1) is 0 Å². The number of aryl methyl sites for hydroxylation is 1. The molecule has 30 heavy (non-hydrogen) atoms. The maximum atomic E-state index is 12.9. The first-order valence-electron chi connectivity index (χ1n) is 10.9. The van der Waals surface area contributed by atoms with E-state index in [4.69, 9.17) is 4.74 Å². The van der Waals surface area contributed by atoms with Crippen molar-refractivity contribution in [2.45, 2.75) is 83.9 Å². The number of aromatic nitrogens is 2. The summed E-state index contributed by atoms with van der Waals surface area (Å²) in [6.07, 6.45) is 5.50. The molecule has 0 aliphatic carbocycles. The van der Waals surface area contributed by atoms with Crippen LogP contribution in [0.2, 0.25) is 0 Å². The Morgan fingerprint density at radius 1 is 1.40 bits per heavy atom. The molecule has 1 atom stereocenters. The summed E-state index contributed by atoms with van der Waals surface area (Å²) in [6, 6.07) is 0.198. The molecule has 0 aromatic carbocycles. The molecule has 2 aliphatic rings. The van der Waals surface area contributed by atoms with Crippen LogP contribution in [0.5, 0.6) is 0 Å². The fourth-order valence-electron chi connectivity index (χ4n) is 4.19. The number of hydrogen-bond donors (Lipinski definition) is 1. The predicted octanol–water partition coefficient (Wildman–Crippen LogP) is 3.01. The molecule has 2 fully saturated rings. The Labute approximate surface area is 179 Å². The van der Waals surface area contributed by atoms with E-state index in [2.05, 4.69) is 14.8 Å². The minimum atomic E-state index is -2.48. The smallest absolute Gasteiger partial charge is 0.254 e. The first-order chi connectivity index (χ1) is 14.2. The second-order valence-corrected chi connectivity index (χ2v) is 11.4. The van der Waals surface area contributed by atoms with Crippen LogP contribution in [0.4, 0.5) is 0 Å². The Bertz CT molecular complexity index is 900. The molecule has 1 N–H and O–H groups in total. The van der Waals surface area contributed by atoms with Gasteiger partial charge in [0.1, 0.15) is 0 Å². The van der Waals surface area contributed by atoms with Crippen LogP contribution in [0, 0.1) is 6.92 Å². The standard InChI is InChI=1S/C21H34N4O4S/c1-5-6-19(26)24-30(28)11-8-21(9-12-30)13-17(7-10-29-21)22-20(27)18-14-25(15(2)3)23-16(18)4/h14-15,17H,5-13H2,1-4H3,(H,22,27). The highest BCUT2D eigenvalue weighted by molar-refractivity contribution is 7.93. The van der Waals surface area contributed by atoms with Crippen molar-refractivity contribution < 1.29 is 18.5 Å². The first-order valence-corrected chi connectivity index (χ1v) is 12.8. The summed E-state index contributed by atoms with van der Waals surface area (Å²) >= 11 is 0. The second-order valence-electron chi connectivity index (χ2n) is 8.81. The lowest BCUT2D eigenvalue weighted by atomic mass is 9.85. The Morgan fingerprint density at radius 2 is 2.10 bits per heavy atom. The Balaban J connectivity index is 1.63. The molecule has 1 aromatic rings. The van der Waals surface area contributed by atoms with Crippen LogP contribution < -0.4 is 5.32 Å². The molecular weight excluding hydrogens is 404 g/mol. The molecular formula is C21H34N4O4S. The highest BCUT2D eigenvalue weighted by atomic mass is 32.2. The molecule has 2 amide bonds. The number of ether oxygens (including phenoxy) is 1. The van der Waals surface area contributed by atoms with Crippen LogP contribution in [0.3, 0.4) is 0 Å². The topological polar surface area (TPSA) is 103 Å². The number of carbonyl (C=O) groups is 2. The molecule has 3 rings (SSSR count). The largest absolute Gasteiger partial charge is 0.375 e. The van der Waals surface area contributed by atoms with E-state index in [9.17, 15) is 13.8 Å². The van der Waals surface area contributed by atoms with Crippen LogP contribution >= 0.6 is 0 Å². The fourth-order valence-corrected chi connectivity index (χ4v) is 6.42. The van der Waals surface area contributed by atoms with Gasteiger partial charge in [0.05, 0.1) is 26.6 Å². The fraction of sp³-hybridized carbons (Fsp3) is 0.762. The maximum Gasteiger partial charge on any atom is 0.254 e. The molecule has 3 heterocycles. The number of rotatable bonds is 5. The average Bonchev–Trinajstić information content (AvgIpc) is 3.07. The maximum absolute atomic E-state index is 12.9. The van der Waals surface area contributed by atoms with Crippen LogP contribution in [0.15, 0.2) is 10.6 Å². The lowest BCUT2D eigenvalue weighted by molar-refractivity contribution is -0.117. The minimum absolute atomic E-state index is 0.000800. The molecule has 0 bridgehead atoms. The summed E-state index contributed by atoms with van der Waals surface area (Å²) in [5, 5.41) is 7.57. The zero-order valence-corrected chi connectivity index (χ0v) is 19.3. The monoisotopic (exact) mass is 438 g/mol. The van der Waals surface area contributed by atoms with Crippen molar-refractivity contribution in [3.05, 3.63) is 17.5 Å². The quantitative estimate of drug-likeness (QED) is 0.761. The van der Waals surface area contributed by atoms with Gasteiger partial charge in [0.2, 0.25) is 0 Å². The van der Waals surface area contributed by atoms with Crippen molar-refractivity contribution in [3.8, 4) is 0 Å². The SMILES string of the molecule is CCCC(=O)N=S1(=O)CCC2(CC1)CC(NC(=O)c1cn(C(C)C)nc1C)CCO2. The molecule has 168 valence electrons. The predicted molar refractivity (Wildman–Crippen MR) is 116 cm³/mol. The summed E-state index contributed by atoms with van der Waals surface area (Å²) in [5.74, 6) is 0.388. The molecule has 1 spiro atoms. The first kappa shape index (κ1) is 22.9. The second kappa shape index (κ2) is 9.18. The normalized spacial score (nSPS) is 29.2. The third-order valence-corrected chi connectivity index (χ3v) is 8.22. The van der Waals surface area contributed by atoms with Crippen molar-refractivity contribution in [1.82, 2.24) is 15.1 Å². The number of nitrogens with zero attached hydrogens (tertiary/aromatic N) is 3. The van der Waals surface area contributed by atoms with Crippen LogP contribution in [-0.2, 0) is 19.3 Å². The van der Waals surface area contributed by atoms with Crippen molar-refractivity contribution in [2.24, 2.45) is 4.36 Å². The van der Waals surface area contributed by atoms with E-state index >= 15 is 0 Å². The molecule has 9 heteroatoms. The summed E-state index contributed by atoms with van der Waals surface area (Å²) < 4.78 is 24.9. The lowest BCUT2D eigenvalue weighted by Gasteiger charge is -2.44. The van der Waals surface area contributed by atoms with Gasteiger partial charge in [0.25, 0.3) is 11.8 Å². The zero-order valence-electron chi connectivity index (χ0n) is 18.5. The third kappa shape index (κ3) is 5.29. The van der Waals surface area contributed by atoms with Gasteiger partial charge in [-0.3, -0.25) is 14.3 Å². The van der Waals surface area contributed by atoms with Crippen molar-refractivity contribution >= 4 is 21.5 Å². The summed E-state index contributed by atoms with van der Waals surface area (Å²) in [4.78, 5) is 24.7. The van der Waals surface area contributed by atoms with Crippen LogP contribution in [0.1, 0.15) is 81.4 Å². The van der Waals surface area contributed by atoms with Gasteiger partial charge in [-0.2, -0.15) is 9.46 Å². The number of hydrogen-bond acceptors (Lipinski definition) is 5. The van der Waals surface area contributed by atoms with E-state index in [0.717, 1.165) is 12.1 Å². The van der Waals surface area contributed by atoms with Gasteiger partial charge in [-0.1, -0.05) is 6.92 Å². The Morgan fingerprint density at radius 3 is 2.70 bits per heavy atom. The number of nitrogens with one attached hydrogen (secondary N) is 1. The lowest BCUT2D eigenvalue weighted by Crippen LogP contribution is -2.52. The van der Waals surface area contributed by atoms with E-state index in [-0.39, 0.29) is 23.9 Å². The van der Waals surface area contributed by atoms with Crippen molar-refractivity contribution in [2.75, 3.05) is 18.1 Å². The molecule has 0 radical (unpaired) electrons. The molecule has 1 unspecified atom stereocenters. The van der Waals surface area contributed by atoms with E-state index in [1.165, 1.54) is 0 Å². The van der Waals surface area contributed by atoms with E-state index in [1.807, 2.05) is 27.7 Å². The Kier molecular flexibility index (Phi) is 7.02. The van der Waals surface area contributed by atoms with Gasteiger partial charge in [0.15, 0.2) is 0 Å². The van der Waals surface area contributed by atoms with Gasteiger partial charge >= 0.3 is 0 Å². The van der Waals surface area contributed by atoms with Gasteiger partial charge in [-0.05, 0) is 52.9 Å². The molecule has 2 saturated heterocycles. The van der Waals surface area contributed by atoms with Crippen LogP contribution in [0.25, 0.3) is 0 Å².